The Balaban J connectivity index is -0.000000500. The van der Waals surface area contributed by atoms with Crippen molar-refractivity contribution in [2.24, 2.45) is 0 Å². The molecule has 0 aliphatic carbocycles. The summed E-state index contributed by atoms with van der Waals surface area (Å²) in [7, 11) is 0. The molecule has 64 valence electrons. The van der Waals surface area contributed by atoms with Gasteiger partial charge in [0.2, 0.25) is 5.76 Å². The fourth-order valence-electron chi connectivity index (χ4n) is 0.283. The zero-order valence-electron chi connectivity index (χ0n) is 7.62. The molecule has 0 aromatic heterocycles. The molecule has 4 nitrogen and oxygen atoms in total. The molecule has 1 N–H and O–H groups in total. The van der Waals surface area contributed by atoms with Crippen LogP contribution < -0.4 is 29.6 Å². The van der Waals surface area contributed by atoms with Gasteiger partial charge in [0.1, 0.15) is 12.9 Å². The van der Waals surface area contributed by atoms with Crippen LogP contribution >= 0.6 is 23.0 Å². The van der Waals surface area contributed by atoms with Crippen molar-refractivity contribution < 1.29 is 48.7 Å². The van der Waals surface area contributed by atoms with Crippen LogP contribution in [0.4, 0.5) is 0 Å². The van der Waals surface area contributed by atoms with Crippen molar-refractivity contribution in [3.63, 3.8) is 0 Å². The van der Waals surface area contributed by atoms with Gasteiger partial charge in [-0.2, -0.15) is 0 Å². The summed E-state index contributed by atoms with van der Waals surface area (Å²) in [5.41, 5.74) is 0. The number of carbonyl (C=O) groups is 1. The molecule has 0 saturated heterocycles. The van der Waals surface area contributed by atoms with Crippen molar-refractivity contribution in [3.05, 3.63) is 24.7 Å². The number of aliphatic hydroxyl groups excluding tert-OH is 1. The second-order valence-corrected chi connectivity index (χ2v) is 1.93. The molecule has 0 saturated carbocycles. The Labute approximate surface area is 108 Å². The Hall–Kier alpha value is 0.280. The number of carbonyl (C=O) groups excluding carboxylic acids is 1. The summed E-state index contributed by atoms with van der Waals surface area (Å²) in [6.45, 7) is 3.60. The van der Waals surface area contributed by atoms with E-state index in [4.69, 9.17) is 5.11 Å². The molecule has 0 unspecified atom stereocenters. The molecule has 0 amide bonds. The summed E-state index contributed by atoms with van der Waals surface area (Å²) in [6.07, 6.45) is 2.39. The Kier molecular flexibility index (Phi) is 11.5. The first-order valence-electron chi connectivity index (χ1n) is 2.67. The predicted molar refractivity (Wildman–Crippen MR) is 48.1 cm³/mol. The summed E-state index contributed by atoms with van der Waals surface area (Å²) in [5, 5.41) is 8.77. The minimum atomic E-state index is -0.838. The van der Waals surface area contributed by atoms with Crippen LogP contribution in [0, 0.1) is 0 Å². The van der Waals surface area contributed by atoms with Crippen molar-refractivity contribution in [2.45, 2.75) is 0 Å². The maximum atomic E-state index is 10.5. The van der Waals surface area contributed by atoms with Crippen LogP contribution in [0.2, 0.25) is 0 Å². The third-order valence-electron chi connectivity index (χ3n) is 0.688. The maximum Gasteiger partial charge on any atom is 1.00 e. The van der Waals surface area contributed by atoms with Crippen LogP contribution in [0.1, 0.15) is 1.43 Å². The first-order valence-corrected chi connectivity index (χ1v) is 3.55. The second kappa shape index (κ2) is 9.37. The fourth-order valence-corrected chi connectivity index (χ4v) is 0.508. The van der Waals surface area contributed by atoms with Crippen LogP contribution in [-0.2, 0) is 12.6 Å². The summed E-state index contributed by atoms with van der Waals surface area (Å²) in [5.74, 6) is -1.41. The molecule has 6 heteroatoms. The van der Waals surface area contributed by atoms with E-state index in [0.29, 0.717) is 0 Å². The largest absolute Gasteiger partial charge is 1.00 e. The van der Waals surface area contributed by atoms with E-state index < -0.39 is 11.7 Å². The molecule has 0 atom stereocenters. The quantitative estimate of drug-likeness (QED) is 0.173. The molecule has 12 heavy (non-hydrogen) atoms. The molecule has 0 heterocycles. The molecular weight excluding hydrogens is 286 g/mol. The molecule has 0 aliphatic heterocycles. The minimum Gasteiger partial charge on any atom is -1.00 e. The second-order valence-electron chi connectivity index (χ2n) is 1.49. The van der Waals surface area contributed by atoms with E-state index >= 15 is 0 Å². The van der Waals surface area contributed by atoms with Crippen LogP contribution in [-0.4, -0.2) is 17.7 Å². The van der Waals surface area contributed by atoms with E-state index in [0.717, 1.165) is 6.26 Å². The normalized spacial score (nSPS) is 9.58. The first-order chi connectivity index (χ1) is 5.22. The molecule has 0 aromatic carbocycles. The molecule has 0 aliphatic rings. The third kappa shape index (κ3) is 6.96. The molecule has 0 fully saturated rings. The van der Waals surface area contributed by atoms with E-state index in [1.54, 1.807) is 0 Å². The Morgan fingerprint density at radius 3 is 2.75 bits per heavy atom. The van der Waals surface area contributed by atoms with E-state index in [1.165, 1.54) is 29.1 Å². The van der Waals surface area contributed by atoms with Crippen LogP contribution in [0.3, 0.4) is 0 Å². The molecule has 0 radical (unpaired) electrons. The monoisotopic (exact) mass is 294 g/mol. The maximum absolute atomic E-state index is 10.5. The number of halogens is 1. The van der Waals surface area contributed by atoms with E-state index in [9.17, 15) is 4.79 Å². The number of hydrogen-bond acceptors (Lipinski definition) is 4. The van der Waals surface area contributed by atoms with Gasteiger partial charge in [0.05, 0.1) is 0 Å². The minimum absolute atomic E-state index is 0. The molecule has 0 bridgehead atoms. The molecule has 0 rings (SSSR count). The Morgan fingerprint density at radius 1 is 1.75 bits per heavy atom. The average molecular weight is 294 g/mol. The van der Waals surface area contributed by atoms with Crippen molar-refractivity contribution >= 4 is 29.0 Å². The number of aliphatic hydroxyl groups is 1. The van der Waals surface area contributed by atoms with Crippen molar-refractivity contribution in [1.82, 2.24) is 0 Å². The van der Waals surface area contributed by atoms with Gasteiger partial charge < -0.3 is 14.3 Å². The van der Waals surface area contributed by atoms with Crippen molar-refractivity contribution in [2.75, 3.05) is 6.61 Å². The van der Waals surface area contributed by atoms with Gasteiger partial charge in [-0.3, -0.25) is 0 Å². The molecule has 0 spiro atoms. The standard InChI is InChI=1S/C6H7IO4.Na.H/c1-2-3-10-4-5(8)6(9)11-7;;/h2,4,8H,1,3H2;;/q;+1;-1. The zero-order chi connectivity index (χ0) is 8.69. The van der Waals surface area contributed by atoms with E-state index in [-0.39, 0.29) is 37.6 Å². The van der Waals surface area contributed by atoms with Crippen LogP contribution in [0.15, 0.2) is 24.7 Å². The summed E-state index contributed by atoms with van der Waals surface area (Å²) >= 11 is 1.36. The van der Waals surface area contributed by atoms with Crippen molar-refractivity contribution in [3.8, 4) is 0 Å². The third-order valence-corrected chi connectivity index (χ3v) is 1.09. The van der Waals surface area contributed by atoms with Gasteiger partial charge in [0.15, 0.2) is 23.0 Å². The average Bonchev–Trinajstić information content (AvgIpc) is 2.03. The van der Waals surface area contributed by atoms with Gasteiger partial charge in [0.25, 0.3) is 0 Å². The predicted octanol–water partition coefficient (Wildman–Crippen LogP) is -1.40. The first kappa shape index (κ1) is 14.8. The number of hydrogen-bond donors (Lipinski definition) is 1. The van der Waals surface area contributed by atoms with Gasteiger partial charge in [-0.25, -0.2) is 4.79 Å². The Morgan fingerprint density at radius 2 is 2.33 bits per heavy atom. The van der Waals surface area contributed by atoms with Gasteiger partial charge >= 0.3 is 35.5 Å². The zero-order valence-corrected chi connectivity index (χ0v) is 10.8. The summed E-state index contributed by atoms with van der Waals surface area (Å²) < 4.78 is 8.78. The van der Waals surface area contributed by atoms with E-state index in [1.807, 2.05) is 0 Å². The fraction of sp³-hybridized carbons (Fsp3) is 0.167. The summed E-state index contributed by atoms with van der Waals surface area (Å²) in [6, 6.07) is 0. The smallest absolute Gasteiger partial charge is 1.00 e. The number of rotatable bonds is 4. The molecule has 0 aromatic rings. The van der Waals surface area contributed by atoms with Gasteiger partial charge in [-0.15, -0.1) is 0 Å². The van der Waals surface area contributed by atoms with Crippen LogP contribution in [0.5, 0.6) is 0 Å². The van der Waals surface area contributed by atoms with Gasteiger partial charge in [0, 0.05) is 0 Å². The van der Waals surface area contributed by atoms with Gasteiger partial charge in [-0.1, -0.05) is 12.7 Å². The van der Waals surface area contributed by atoms with E-state index in [2.05, 4.69) is 14.4 Å². The van der Waals surface area contributed by atoms with Crippen LogP contribution in [0.25, 0.3) is 0 Å². The summed E-state index contributed by atoms with van der Waals surface area (Å²) in [4.78, 5) is 10.5. The van der Waals surface area contributed by atoms with Gasteiger partial charge in [-0.05, 0) is 0 Å². The SMILES string of the molecule is C=CCOC=C(O)C(=O)OI.[H-].[Na+]. The number of ether oxygens (including phenoxy) is 1. The topological polar surface area (TPSA) is 55.8 Å². The molecular formula is C6H8INaO4. The Bertz CT molecular complexity index is 185. The van der Waals surface area contributed by atoms with Crippen molar-refractivity contribution in [1.29, 1.82) is 0 Å².